The van der Waals surface area contributed by atoms with Gasteiger partial charge in [-0.2, -0.15) is 5.10 Å². The van der Waals surface area contributed by atoms with E-state index in [1.54, 1.807) is 12.1 Å². The van der Waals surface area contributed by atoms with Gasteiger partial charge in [-0.15, -0.1) is 0 Å². The van der Waals surface area contributed by atoms with Crippen LogP contribution in [0.15, 0.2) is 64.7 Å². The van der Waals surface area contributed by atoms with Gasteiger partial charge in [-0.05, 0) is 48.0 Å². The van der Waals surface area contributed by atoms with Gasteiger partial charge in [-0.1, -0.05) is 23.7 Å². The summed E-state index contributed by atoms with van der Waals surface area (Å²) < 4.78 is 5.21. The van der Waals surface area contributed by atoms with Gasteiger partial charge in [0.25, 0.3) is 0 Å². The lowest BCUT2D eigenvalue weighted by atomic mass is 10.0. The lowest BCUT2D eigenvalue weighted by Gasteiger charge is -2.24. The van der Waals surface area contributed by atoms with Crippen LogP contribution in [0.4, 0.5) is 0 Å². The molecule has 0 spiro atoms. The molecule has 0 bridgehead atoms. The van der Waals surface area contributed by atoms with Gasteiger partial charge in [0.2, 0.25) is 0 Å². The molecule has 1 heterocycles. The van der Waals surface area contributed by atoms with Crippen molar-refractivity contribution in [2.45, 2.75) is 0 Å². The van der Waals surface area contributed by atoms with Crippen LogP contribution in [0, 0.1) is 0 Å². The van der Waals surface area contributed by atoms with Gasteiger partial charge in [0.05, 0.1) is 18.5 Å². The minimum absolute atomic E-state index is 0.430. The van der Waals surface area contributed by atoms with E-state index in [1.807, 2.05) is 54.6 Å². The van der Waals surface area contributed by atoms with Crippen LogP contribution in [-0.4, -0.2) is 31.2 Å². The zero-order chi connectivity index (χ0) is 16.2. The summed E-state index contributed by atoms with van der Waals surface area (Å²) in [7, 11) is 1.65. The number of halogens is 1. The maximum atomic E-state index is 5.95. The number of allylic oxidation sites excluding steroid dienone is 1. The van der Waals surface area contributed by atoms with Gasteiger partial charge in [0.15, 0.2) is 0 Å². The predicted octanol–water partition coefficient (Wildman–Crippen LogP) is 4.07. The number of hydrazone groups is 1. The second-order valence-corrected chi connectivity index (χ2v) is 5.43. The molecule has 0 radical (unpaired) electrons. The molecule has 0 N–H and O–H groups in total. The van der Waals surface area contributed by atoms with Gasteiger partial charge in [0, 0.05) is 17.3 Å². The number of methoxy groups -OCH3 is 1. The molecule has 0 atom stereocenters. The van der Waals surface area contributed by atoms with Crippen molar-refractivity contribution in [2.75, 3.05) is 13.8 Å². The highest BCUT2D eigenvalue weighted by atomic mass is 35.5. The molecule has 0 unspecified atom stereocenters. The Morgan fingerprint density at radius 3 is 2.35 bits per heavy atom. The van der Waals surface area contributed by atoms with E-state index in [0.717, 1.165) is 28.3 Å². The molecule has 4 nitrogen and oxygen atoms in total. The third-order valence-electron chi connectivity index (χ3n) is 3.62. The zero-order valence-corrected chi connectivity index (χ0v) is 13.5. The summed E-state index contributed by atoms with van der Waals surface area (Å²) >= 11 is 5.95. The Morgan fingerprint density at radius 1 is 1.09 bits per heavy atom. The molecule has 3 rings (SSSR count). The zero-order valence-electron chi connectivity index (χ0n) is 12.7. The second-order valence-electron chi connectivity index (χ2n) is 4.99. The monoisotopic (exact) mass is 325 g/mol. The molecule has 0 aromatic heterocycles. The van der Waals surface area contributed by atoms with Crippen LogP contribution in [0.3, 0.4) is 0 Å². The molecule has 0 fully saturated rings. The number of hydrogen-bond donors (Lipinski definition) is 0. The van der Waals surface area contributed by atoms with Gasteiger partial charge >= 0.3 is 0 Å². The van der Waals surface area contributed by atoms with Crippen LogP contribution in [-0.2, 0) is 0 Å². The SMILES string of the molecule is C=NN1CN=C(c2ccc(Cl)cc2)C=C1c1ccc(OC)cc1. The van der Waals surface area contributed by atoms with E-state index < -0.39 is 0 Å². The molecule has 1 aliphatic heterocycles. The number of rotatable bonds is 4. The Kier molecular flexibility index (Phi) is 4.44. The minimum Gasteiger partial charge on any atom is -0.497 e. The van der Waals surface area contributed by atoms with Gasteiger partial charge in [-0.25, -0.2) is 5.01 Å². The summed E-state index contributed by atoms with van der Waals surface area (Å²) in [6.07, 6.45) is 2.00. The first-order valence-electron chi connectivity index (χ1n) is 7.12. The van der Waals surface area contributed by atoms with Crippen LogP contribution < -0.4 is 4.74 Å². The van der Waals surface area contributed by atoms with E-state index in [-0.39, 0.29) is 0 Å². The number of benzene rings is 2. The minimum atomic E-state index is 0.430. The van der Waals surface area contributed by atoms with Crippen molar-refractivity contribution >= 4 is 29.7 Å². The largest absolute Gasteiger partial charge is 0.497 e. The van der Waals surface area contributed by atoms with E-state index in [2.05, 4.69) is 16.8 Å². The normalized spacial score (nSPS) is 14.1. The molecule has 1 aliphatic rings. The molecule has 116 valence electrons. The van der Waals surface area contributed by atoms with Gasteiger partial charge < -0.3 is 4.74 Å². The van der Waals surface area contributed by atoms with Crippen LogP contribution in [0.1, 0.15) is 11.1 Å². The summed E-state index contributed by atoms with van der Waals surface area (Å²) in [5, 5.41) is 6.52. The van der Waals surface area contributed by atoms with Gasteiger partial charge in [0.1, 0.15) is 12.4 Å². The second kappa shape index (κ2) is 6.67. The van der Waals surface area contributed by atoms with Gasteiger partial charge in [-0.3, -0.25) is 4.99 Å². The fourth-order valence-electron chi connectivity index (χ4n) is 2.38. The highest BCUT2D eigenvalue weighted by Crippen LogP contribution is 2.26. The van der Waals surface area contributed by atoms with Crippen molar-refractivity contribution in [3.63, 3.8) is 0 Å². The molecule has 23 heavy (non-hydrogen) atoms. The molecule has 0 aliphatic carbocycles. The van der Waals surface area contributed by atoms with E-state index in [9.17, 15) is 0 Å². The number of hydrogen-bond acceptors (Lipinski definition) is 4. The third kappa shape index (κ3) is 3.27. The van der Waals surface area contributed by atoms with Crippen molar-refractivity contribution in [1.29, 1.82) is 0 Å². The summed E-state index contributed by atoms with van der Waals surface area (Å²) in [5.41, 5.74) is 3.89. The number of nitrogens with zero attached hydrogens (tertiary/aromatic N) is 3. The Labute approximate surface area is 140 Å². The topological polar surface area (TPSA) is 37.2 Å². The average molecular weight is 326 g/mol. The summed E-state index contributed by atoms with van der Waals surface area (Å²) in [4.78, 5) is 4.56. The molecule has 0 saturated carbocycles. The smallest absolute Gasteiger partial charge is 0.132 e. The fourth-order valence-corrected chi connectivity index (χ4v) is 2.51. The van der Waals surface area contributed by atoms with E-state index in [0.29, 0.717) is 11.7 Å². The molecule has 2 aromatic rings. The third-order valence-corrected chi connectivity index (χ3v) is 3.87. The lowest BCUT2D eigenvalue weighted by molar-refractivity contribution is 0.414. The first-order chi connectivity index (χ1) is 11.2. The summed E-state index contributed by atoms with van der Waals surface area (Å²) in [6, 6.07) is 15.5. The van der Waals surface area contributed by atoms with Crippen LogP contribution in [0.5, 0.6) is 5.75 Å². The first kappa shape index (κ1) is 15.3. The maximum absolute atomic E-state index is 5.95. The summed E-state index contributed by atoms with van der Waals surface area (Å²) in [5.74, 6) is 0.815. The van der Waals surface area contributed by atoms with Crippen molar-refractivity contribution in [2.24, 2.45) is 10.1 Å². The Bertz CT molecular complexity index is 764. The van der Waals surface area contributed by atoms with E-state index >= 15 is 0 Å². The quantitative estimate of drug-likeness (QED) is 0.795. The molecule has 0 amide bonds. The Balaban J connectivity index is 1.98. The first-order valence-corrected chi connectivity index (χ1v) is 7.50. The number of ether oxygens (including phenoxy) is 1. The number of aliphatic imine (C=N–C) groups is 1. The molecular formula is C18H16ClN3O. The van der Waals surface area contributed by atoms with Crippen LogP contribution in [0.25, 0.3) is 5.70 Å². The summed E-state index contributed by atoms with van der Waals surface area (Å²) in [6.45, 7) is 4.06. The molecule has 2 aromatic carbocycles. The van der Waals surface area contributed by atoms with Crippen molar-refractivity contribution in [1.82, 2.24) is 5.01 Å². The Morgan fingerprint density at radius 2 is 1.74 bits per heavy atom. The highest BCUT2D eigenvalue weighted by molar-refractivity contribution is 6.30. The highest BCUT2D eigenvalue weighted by Gasteiger charge is 2.17. The van der Waals surface area contributed by atoms with Crippen LogP contribution in [0.2, 0.25) is 5.02 Å². The predicted molar refractivity (Wildman–Crippen MR) is 95.2 cm³/mol. The van der Waals surface area contributed by atoms with Crippen molar-refractivity contribution < 1.29 is 4.74 Å². The van der Waals surface area contributed by atoms with Crippen molar-refractivity contribution in [3.05, 3.63) is 70.8 Å². The molecule has 0 saturated heterocycles. The van der Waals surface area contributed by atoms with Crippen molar-refractivity contribution in [3.8, 4) is 5.75 Å². The maximum Gasteiger partial charge on any atom is 0.132 e. The Hall–Kier alpha value is -2.59. The molecular weight excluding hydrogens is 310 g/mol. The van der Waals surface area contributed by atoms with Crippen LogP contribution >= 0.6 is 11.6 Å². The standard InChI is InChI=1S/C18H16ClN3O/c1-20-22-12-21-17(13-3-7-15(19)8-4-13)11-18(22)14-5-9-16(23-2)10-6-14/h3-11H,1,12H2,2H3. The van der Waals surface area contributed by atoms with E-state index in [4.69, 9.17) is 16.3 Å². The van der Waals surface area contributed by atoms with E-state index in [1.165, 1.54) is 0 Å². The molecule has 5 heteroatoms. The lowest BCUT2D eigenvalue weighted by Crippen LogP contribution is -2.22. The fraction of sp³-hybridized carbons (Fsp3) is 0.111. The average Bonchev–Trinajstić information content (AvgIpc) is 2.62.